The molecule has 6 nitrogen and oxygen atoms in total. The van der Waals surface area contributed by atoms with Gasteiger partial charge in [0.1, 0.15) is 4.90 Å². The molecule has 0 unspecified atom stereocenters. The Morgan fingerprint density at radius 3 is 2.65 bits per heavy atom. The summed E-state index contributed by atoms with van der Waals surface area (Å²) in [6.07, 6.45) is 0. The van der Waals surface area contributed by atoms with E-state index in [-0.39, 0.29) is 29.7 Å². The summed E-state index contributed by atoms with van der Waals surface area (Å²) in [4.78, 5) is 13.9. The molecule has 1 heterocycles. The van der Waals surface area contributed by atoms with Crippen LogP contribution in [0.1, 0.15) is 11.1 Å². The third-order valence-corrected chi connectivity index (χ3v) is 5.76. The number of likely N-dealkylation sites (N-methyl/N-ethyl adjacent to an activating group) is 1. The van der Waals surface area contributed by atoms with Gasteiger partial charge in [-0.1, -0.05) is 41.4 Å². The fraction of sp³-hybridized carbons (Fsp3) is 0.176. The largest absolute Gasteiger partial charge is 0.350 e. The summed E-state index contributed by atoms with van der Waals surface area (Å²) in [6, 6.07) is 11.6. The molecule has 9 heteroatoms. The number of carbonyl (C=O) groups excluding carboxylic acids is 1. The summed E-state index contributed by atoms with van der Waals surface area (Å²) in [7, 11) is -2.10. The topological polar surface area (TPSA) is 78.8 Å². The zero-order valence-corrected chi connectivity index (χ0v) is 16.1. The highest BCUT2D eigenvalue weighted by Crippen LogP contribution is 2.26. The standard InChI is InChI=1S/C17H15Cl2N3O3S/c1-22(17-13-4-2-3-5-15(13)26(24,25)21-17)10-16(23)20-9-11-6-7-12(18)8-14(11)19/h2-8H,9-10H2,1H3,(H,20,23). The van der Waals surface area contributed by atoms with Crippen LogP contribution in [0.5, 0.6) is 0 Å². The molecule has 0 bridgehead atoms. The first-order valence-electron chi connectivity index (χ1n) is 7.64. The van der Waals surface area contributed by atoms with Crippen molar-refractivity contribution in [2.75, 3.05) is 13.6 Å². The number of rotatable bonds is 4. The lowest BCUT2D eigenvalue weighted by Gasteiger charge is -2.18. The van der Waals surface area contributed by atoms with E-state index in [1.54, 1.807) is 43.4 Å². The van der Waals surface area contributed by atoms with Gasteiger partial charge in [0.2, 0.25) is 5.91 Å². The van der Waals surface area contributed by atoms with Crippen molar-refractivity contribution in [3.8, 4) is 0 Å². The van der Waals surface area contributed by atoms with E-state index >= 15 is 0 Å². The van der Waals surface area contributed by atoms with Crippen molar-refractivity contribution < 1.29 is 13.2 Å². The van der Waals surface area contributed by atoms with E-state index in [4.69, 9.17) is 23.2 Å². The van der Waals surface area contributed by atoms with Crippen molar-refractivity contribution in [2.24, 2.45) is 4.40 Å². The van der Waals surface area contributed by atoms with Crippen LogP contribution in [0.3, 0.4) is 0 Å². The van der Waals surface area contributed by atoms with Crippen molar-refractivity contribution in [3.63, 3.8) is 0 Å². The van der Waals surface area contributed by atoms with E-state index in [0.717, 1.165) is 5.56 Å². The minimum atomic E-state index is -3.72. The average Bonchev–Trinajstić information content (AvgIpc) is 2.86. The molecule has 0 aromatic heterocycles. The monoisotopic (exact) mass is 411 g/mol. The molecule has 0 spiro atoms. The average molecular weight is 412 g/mol. The zero-order chi connectivity index (χ0) is 18.9. The highest BCUT2D eigenvalue weighted by molar-refractivity contribution is 7.90. The quantitative estimate of drug-likeness (QED) is 0.838. The maximum Gasteiger partial charge on any atom is 0.285 e. The van der Waals surface area contributed by atoms with E-state index in [2.05, 4.69) is 9.71 Å². The Hall–Kier alpha value is -2.09. The molecule has 136 valence electrons. The second kappa shape index (κ2) is 7.26. The molecule has 26 heavy (non-hydrogen) atoms. The van der Waals surface area contributed by atoms with Crippen LogP contribution in [-0.4, -0.2) is 38.7 Å². The van der Waals surface area contributed by atoms with E-state index in [9.17, 15) is 13.2 Å². The Kier molecular flexibility index (Phi) is 5.22. The Bertz CT molecular complexity index is 1010. The van der Waals surface area contributed by atoms with E-state index in [0.29, 0.717) is 15.6 Å². The van der Waals surface area contributed by atoms with E-state index in [1.807, 2.05) is 0 Å². The van der Waals surface area contributed by atoms with Crippen molar-refractivity contribution in [1.82, 2.24) is 10.2 Å². The lowest BCUT2D eigenvalue weighted by Crippen LogP contribution is -2.38. The van der Waals surface area contributed by atoms with E-state index in [1.165, 1.54) is 11.0 Å². The van der Waals surface area contributed by atoms with Gasteiger partial charge in [0.05, 0.1) is 6.54 Å². The summed E-state index contributed by atoms with van der Waals surface area (Å²) in [6.45, 7) is 0.192. The zero-order valence-electron chi connectivity index (χ0n) is 13.7. The minimum Gasteiger partial charge on any atom is -0.350 e. The van der Waals surface area contributed by atoms with Crippen molar-refractivity contribution in [2.45, 2.75) is 11.4 Å². The molecule has 1 amide bonds. The number of nitrogens with zero attached hydrogens (tertiary/aromatic N) is 2. The van der Waals surface area contributed by atoms with Gasteiger partial charge in [-0.25, -0.2) is 0 Å². The fourth-order valence-corrected chi connectivity index (χ4v) is 4.30. The number of carbonyl (C=O) groups is 1. The molecule has 0 fully saturated rings. The molecule has 2 aromatic rings. The number of amidine groups is 1. The number of hydrogen-bond acceptors (Lipinski definition) is 4. The molecular formula is C17H15Cl2N3O3S. The fourth-order valence-electron chi connectivity index (χ4n) is 2.57. The van der Waals surface area contributed by atoms with Gasteiger partial charge in [0, 0.05) is 29.2 Å². The molecule has 0 radical (unpaired) electrons. The number of nitrogens with one attached hydrogen (secondary N) is 1. The van der Waals surface area contributed by atoms with Crippen LogP contribution >= 0.6 is 23.2 Å². The van der Waals surface area contributed by atoms with E-state index < -0.39 is 10.0 Å². The molecule has 1 N–H and O–H groups in total. The molecule has 0 aliphatic carbocycles. The maximum atomic E-state index is 12.2. The maximum absolute atomic E-state index is 12.2. The summed E-state index contributed by atoms with van der Waals surface area (Å²) in [5.41, 5.74) is 1.22. The second-order valence-electron chi connectivity index (χ2n) is 5.75. The van der Waals surface area contributed by atoms with Gasteiger partial charge >= 0.3 is 0 Å². The van der Waals surface area contributed by atoms with Crippen LogP contribution in [0.4, 0.5) is 0 Å². The minimum absolute atomic E-state index is 0.0477. The molecule has 0 atom stereocenters. The normalized spacial score (nSPS) is 14.5. The SMILES string of the molecule is CN(CC(=O)NCc1ccc(Cl)cc1Cl)C1=NS(=O)(=O)c2ccccc21. The smallest absolute Gasteiger partial charge is 0.285 e. The first-order valence-corrected chi connectivity index (χ1v) is 9.83. The first-order chi connectivity index (χ1) is 12.3. The summed E-state index contributed by atoms with van der Waals surface area (Å²) < 4.78 is 28.0. The van der Waals surface area contributed by atoms with Gasteiger partial charge in [0.25, 0.3) is 10.0 Å². The third kappa shape index (κ3) is 3.85. The number of hydrogen-bond donors (Lipinski definition) is 1. The number of fused-ring (bicyclic) bond motifs is 1. The second-order valence-corrected chi connectivity index (χ2v) is 8.17. The Labute approximate surface area is 161 Å². The Balaban J connectivity index is 1.67. The summed E-state index contributed by atoms with van der Waals surface area (Å²) >= 11 is 11.9. The number of sulfonamides is 1. The molecule has 2 aromatic carbocycles. The lowest BCUT2D eigenvalue weighted by molar-refractivity contribution is -0.121. The molecule has 0 saturated heterocycles. The Morgan fingerprint density at radius 2 is 1.92 bits per heavy atom. The van der Waals surface area contributed by atoms with Crippen LogP contribution in [0.25, 0.3) is 0 Å². The first kappa shape index (κ1) is 18.7. The predicted octanol–water partition coefficient (Wildman–Crippen LogP) is 2.69. The van der Waals surface area contributed by atoms with Gasteiger partial charge in [-0.2, -0.15) is 8.42 Å². The van der Waals surface area contributed by atoms with Crippen LogP contribution in [-0.2, 0) is 21.4 Å². The van der Waals surface area contributed by atoms with Crippen molar-refractivity contribution >= 4 is 45.0 Å². The molecular weight excluding hydrogens is 397 g/mol. The van der Waals surface area contributed by atoms with Crippen LogP contribution in [0, 0.1) is 0 Å². The van der Waals surface area contributed by atoms with Gasteiger partial charge in [0.15, 0.2) is 5.84 Å². The molecule has 0 saturated carbocycles. The summed E-state index contributed by atoms with van der Waals surface area (Å²) in [5.74, 6) is -0.0386. The van der Waals surface area contributed by atoms with Gasteiger partial charge in [-0.05, 0) is 29.8 Å². The highest BCUT2D eigenvalue weighted by Gasteiger charge is 2.30. The van der Waals surface area contributed by atoms with Crippen molar-refractivity contribution in [3.05, 3.63) is 63.6 Å². The van der Waals surface area contributed by atoms with Crippen molar-refractivity contribution in [1.29, 1.82) is 0 Å². The van der Waals surface area contributed by atoms with Gasteiger partial charge < -0.3 is 10.2 Å². The Morgan fingerprint density at radius 1 is 1.19 bits per heavy atom. The highest BCUT2D eigenvalue weighted by atomic mass is 35.5. The molecule has 3 rings (SSSR count). The van der Waals surface area contributed by atoms with Gasteiger partial charge in [-0.15, -0.1) is 4.40 Å². The lowest BCUT2D eigenvalue weighted by atomic mass is 10.2. The number of benzene rings is 2. The molecule has 1 aliphatic heterocycles. The van der Waals surface area contributed by atoms with Gasteiger partial charge in [-0.3, -0.25) is 4.79 Å². The number of halogens is 2. The molecule has 1 aliphatic rings. The third-order valence-electron chi connectivity index (χ3n) is 3.85. The van der Waals surface area contributed by atoms with Crippen LogP contribution < -0.4 is 5.32 Å². The number of amides is 1. The van der Waals surface area contributed by atoms with Crippen LogP contribution in [0.15, 0.2) is 51.8 Å². The van der Waals surface area contributed by atoms with Crippen LogP contribution in [0.2, 0.25) is 10.0 Å². The predicted molar refractivity (Wildman–Crippen MR) is 101 cm³/mol. The summed E-state index contributed by atoms with van der Waals surface area (Å²) in [5, 5.41) is 3.73.